The predicted molar refractivity (Wildman–Crippen MR) is 83.9 cm³/mol. The lowest BCUT2D eigenvalue weighted by atomic mass is 9.98. The van der Waals surface area contributed by atoms with E-state index in [0.717, 1.165) is 58.7 Å². The second-order valence-corrected chi connectivity index (χ2v) is 6.13. The molecular weight excluding hydrogens is 262 g/mol. The first kappa shape index (κ1) is 14.5. The molecule has 1 aromatic carbocycles. The van der Waals surface area contributed by atoms with Crippen LogP contribution in [0.25, 0.3) is 0 Å². The predicted octanol–water partition coefficient (Wildman–Crippen LogP) is 1.33. The molecule has 4 heteroatoms. The number of nitrogens with one attached hydrogen (secondary N) is 1. The van der Waals surface area contributed by atoms with Crippen molar-refractivity contribution in [3.05, 3.63) is 35.9 Å². The Morgan fingerprint density at radius 1 is 1.14 bits per heavy atom. The largest absolute Gasteiger partial charge is 0.340 e. The van der Waals surface area contributed by atoms with Crippen molar-refractivity contribution in [1.29, 1.82) is 0 Å². The Hall–Kier alpha value is -1.39. The van der Waals surface area contributed by atoms with Crippen molar-refractivity contribution in [3.8, 4) is 0 Å². The third-order valence-corrected chi connectivity index (χ3v) is 4.58. The summed E-state index contributed by atoms with van der Waals surface area (Å²) in [5.74, 6) is 0.570. The molecule has 2 fully saturated rings. The van der Waals surface area contributed by atoms with Crippen LogP contribution >= 0.6 is 0 Å². The molecule has 0 radical (unpaired) electrons. The average Bonchev–Trinajstić information content (AvgIpc) is 2.57. The van der Waals surface area contributed by atoms with Gasteiger partial charge in [0.15, 0.2) is 0 Å². The fraction of sp³-hybridized carbons (Fsp3) is 0.588. The van der Waals surface area contributed by atoms with Gasteiger partial charge in [0.2, 0.25) is 5.91 Å². The highest BCUT2D eigenvalue weighted by atomic mass is 16.2. The van der Waals surface area contributed by atoms with E-state index < -0.39 is 0 Å². The van der Waals surface area contributed by atoms with E-state index >= 15 is 0 Å². The number of carbonyl (C=O) groups excluding carboxylic acids is 1. The standard InChI is InChI=1S/C17H25N3O/c21-17(16-7-4-8-18-13-16)20-11-9-19(10-12-20)14-15-5-2-1-3-6-15/h1-3,5-6,16,18H,4,7-14H2/t16-/m1/s1. The molecule has 0 saturated carbocycles. The summed E-state index contributed by atoms with van der Waals surface area (Å²) in [7, 11) is 0. The van der Waals surface area contributed by atoms with Gasteiger partial charge < -0.3 is 10.2 Å². The van der Waals surface area contributed by atoms with Crippen LogP contribution in [0.5, 0.6) is 0 Å². The first-order valence-electron chi connectivity index (χ1n) is 8.09. The van der Waals surface area contributed by atoms with E-state index in [9.17, 15) is 4.79 Å². The molecule has 1 atom stereocenters. The summed E-state index contributed by atoms with van der Waals surface area (Å²) in [6, 6.07) is 10.6. The molecular formula is C17H25N3O. The third kappa shape index (κ3) is 3.83. The van der Waals surface area contributed by atoms with Gasteiger partial charge in [-0.1, -0.05) is 30.3 Å². The SMILES string of the molecule is O=C([C@@H]1CCCNC1)N1CCN(Cc2ccccc2)CC1. The Morgan fingerprint density at radius 3 is 2.57 bits per heavy atom. The lowest BCUT2D eigenvalue weighted by Crippen LogP contribution is -2.51. The van der Waals surface area contributed by atoms with E-state index in [2.05, 4.69) is 45.4 Å². The number of nitrogens with zero attached hydrogens (tertiary/aromatic N) is 2. The molecule has 2 saturated heterocycles. The molecule has 21 heavy (non-hydrogen) atoms. The highest BCUT2D eigenvalue weighted by Crippen LogP contribution is 2.16. The zero-order chi connectivity index (χ0) is 14.5. The maximum absolute atomic E-state index is 12.5. The summed E-state index contributed by atoms with van der Waals surface area (Å²) >= 11 is 0. The number of piperazine rings is 1. The van der Waals surface area contributed by atoms with E-state index in [1.54, 1.807) is 0 Å². The van der Waals surface area contributed by atoms with Crippen LogP contribution in [0.15, 0.2) is 30.3 Å². The van der Waals surface area contributed by atoms with Crippen LogP contribution in [0.3, 0.4) is 0 Å². The highest BCUT2D eigenvalue weighted by molar-refractivity contribution is 5.79. The van der Waals surface area contributed by atoms with Crippen molar-refractivity contribution in [3.63, 3.8) is 0 Å². The normalized spacial score (nSPS) is 24.0. The van der Waals surface area contributed by atoms with Gasteiger partial charge in [-0.15, -0.1) is 0 Å². The van der Waals surface area contributed by atoms with Crippen molar-refractivity contribution < 1.29 is 4.79 Å². The van der Waals surface area contributed by atoms with Crippen molar-refractivity contribution in [2.75, 3.05) is 39.3 Å². The zero-order valence-electron chi connectivity index (χ0n) is 12.6. The second-order valence-electron chi connectivity index (χ2n) is 6.13. The molecule has 2 aliphatic rings. The molecule has 4 nitrogen and oxygen atoms in total. The number of carbonyl (C=O) groups is 1. The fourth-order valence-electron chi connectivity index (χ4n) is 3.29. The summed E-state index contributed by atoms with van der Waals surface area (Å²) < 4.78 is 0. The van der Waals surface area contributed by atoms with Crippen LogP contribution in [0.4, 0.5) is 0 Å². The van der Waals surface area contributed by atoms with Crippen molar-refractivity contribution in [2.24, 2.45) is 5.92 Å². The molecule has 114 valence electrons. The first-order chi connectivity index (χ1) is 10.3. The summed E-state index contributed by atoms with van der Waals surface area (Å²) in [6.45, 7) is 6.65. The maximum atomic E-state index is 12.5. The maximum Gasteiger partial charge on any atom is 0.227 e. The molecule has 1 N–H and O–H groups in total. The average molecular weight is 287 g/mol. The lowest BCUT2D eigenvalue weighted by molar-refractivity contribution is -0.137. The Morgan fingerprint density at radius 2 is 1.90 bits per heavy atom. The summed E-state index contributed by atoms with van der Waals surface area (Å²) in [4.78, 5) is 17.0. The van der Waals surface area contributed by atoms with Crippen molar-refractivity contribution in [2.45, 2.75) is 19.4 Å². The third-order valence-electron chi connectivity index (χ3n) is 4.58. The number of piperidine rings is 1. The van der Waals surface area contributed by atoms with Gasteiger partial charge in [-0.25, -0.2) is 0 Å². The molecule has 0 aromatic heterocycles. The monoisotopic (exact) mass is 287 g/mol. The van der Waals surface area contributed by atoms with Crippen LogP contribution in [0.1, 0.15) is 18.4 Å². The Balaban J connectivity index is 1.47. The molecule has 0 aliphatic carbocycles. The van der Waals surface area contributed by atoms with Gasteiger partial charge in [0.1, 0.15) is 0 Å². The van der Waals surface area contributed by atoms with E-state index in [1.165, 1.54) is 5.56 Å². The zero-order valence-corrected chi connectivity index (χ0v) is 12.6. The number of amides is 1. The van der Waals surface area contributed by atoms with Crippen LogP contribution in [0, 0.1) is 5.92 Å². The molecule has 3 rings (SSSR count). The van der Waals surface area contributed by atoms with Crippen LogP contribution in [-0.2, 0) is 11.3 Å². The van der Waals surface area contributed by atoms with E-state index in [1.807, 2.05) is 0 Å². The molecule has 1 aromatic rings. The van der Waals surface area contributed by atoms with Gasteiger partial charge in [-0.2, -0.15) is 0 Å². The minimum absolute atomic E-state index is 0.208. The quantitative estimate of drug-likeness (QED) is 0.911. The van der Waals surface area contributed by atoms with Gasteiger partial charge in [-0.3, -0.25) is 9.69 Å². The topological polar surface area (TPSA) is 35.6 Å². The van der Waals surface area contributed by atoms with Gasteiger partial charge in [0, 0.05) is 39.3 Å². The molecule has 2 heterocycles. The Bertz CT molecular complexity index is 448. The van der Waals surface area contributed by atoms with Gasteiger partial charge >= 0.3 is 0 Å². The van der Waals surface area contributed by atoms with Gasteiger partial charge in [0.05, 0.1) is 5.92 Å². The van der Waals surface area contributed by atoms with E-state index in [4.69, 9.17) is 0 Å². The molecule has 2 aliphatic heterocycles. The molecule has 0 unspecified atom stereocenters. The molecule has 0 spiro atoms. The molecule has 1 amide bonds. The Kier molecular flexibility index (Phi) is 4.88. The first-order valence-corrected chi connectivity index (χ1v) is 8.09. The van der Waals surface area contributed by atoms with Crippen molar-refractivity contribution in [1.82, 2.24) is 15.1 Å². The van der Waals surface area contributed by atoms with Crippen LogP contribution in [-0.4, -0.2) is 55.0 Å². The minimum atomic E-state index is 0.208. The smallest absolute Gasteiger partial charge is 0.227 e. The van der Waals surface area contributed by atoms with Crippen LogP contribution < -0.4 is 5.32 Å². The van der Waals surface area contributed by atoms with E-state index in [0.29, 0.717) is 5.91 Å². The van der Waals surface area contributed by atoms with Gasteiger partial charge in [-0.05, 0) is 24.9 Å². The fourth-order valence-corrected chi connectivity index (χ4v) is 3.29. The van der Waals surface area contributed by atoms with Crippen LogP contribution in [0.2, 0.25) is 0 Å². The van der Waals surface area contributed by atoms with E-state index in [-0.39, 0.29) is 5.92 Å². The number of rotatable bonds is 3. The lowest BCUT2D eigenvalue weighted by Gasteiger charge is -2.37. The summed E-state index contributed by atoms with van der Waals surface area (Å²) in [5.41, 5.74) is 1.36. The van der Waals surface area contributed by atoms with Gasteiger partial charge in [0.25, 0.3) is 0 Å². The highest BCUT2D eigenvalue weighted by Gasteiger charge is 2.28. The number of hydrogen-bond donors (Lipinski definition) is 1. The summed E-state index contributed by atoms with van der Waals surface area (Å²) in [5, 5.41) is 3.34. The summed E-state index contributed by atoms with van der Waals surface area (Å²) in [6.07, 6.45) is 2.18. The molecule has 0 bridgehead atoms. The Labute approximate surface area is 127 Å². The minimum Gasteiger partial charge on any atom is -0.340 e. The second kappa shape index (κ2) is 7.05. The number of hydrogen-bond acceptors (Lipinski definition) is 3. The number of benzene rings is 1. The van der Waals surface area contributed by atoms with Crippen molar-refractivity contribution >= 4 is 5.91 Å².